The van der Waals surface area contributed by atoms with Crippen molar-refractivity contribution < 1.29 is 28.6 Å². The van der Waals surface area contributed by atoms with Gasteiger partial charge < -0.3 is 14.2 Å². The van der Waals surface area contributed by atoms with E-state index in [2.05, 4.69) is 81.5 Å². The lowest BCUT2D eigenvalue weighted by Crippen LogP contribution is -2.30. The summed E-state index contributed by atoms with van der Waals surface area (Å²) in [5, 5.41) is 0. The first-order valence-corrected chi connectivity index (χ1v) is 26.3. The van der Waals surface area contributed by atoms with Crippen molar-refractivity contribution in [2.45, 2.75) is 264 Å². The van der Waals surface area contributed by atoms with Gasteiger partial charge in [-0.25, -0.2) is 0 Å². The molecule has 0 fully saturated rings. The molecule has 0 amide bonds. The Balaban J connectivity index is 4.43. The fraction of sp³-hybridized carbons (Fsp3) is 0.768. The average Bonchev–Trinajstić information content (AvgIpc) is 3.27. The molecule has 0 aliphatic heterocycles. The normalized spacial score (nSPS) is 12.5. The molecule has 0 bridgehead atoms. The van der Waals surface area contributed by atoms with Crippen molar-refractivity contribution >= 4 is 17.9 Å². The summed E-state index contributed by atoms with van der Waals surface area (Å²) in [6.45, 7) is 6.56. The maximum atomic E-state index is 12.8. The quantitative estimate of drug-likeness (QED) is 0.0262. The summed E-state index contributed by atoms with van der Waals surface area (Å²) in [6.07, 6.45) is 62.0. The Kier molecular flexibility index (Phi) is 48.4. The van der Waals surface area contributed by atoms with Crippen LogP contribution in [0.4, 0.5) is 0 Å². The van der Waals surface area contributed by atoms with Gasteiger partial charge in [0.1, 0.15) is 13.2 Å². The van der Waals surface area contributed by atoms with Crippen LogP contribution in [0.25, 0.3) is 0 Å². The SMILES string of the molecule is CCCCC/C=C/C/C=C/C/C=C/CCCCCCC(=O)OC[C@@H](COC(=O)CCCCCCC/C=C/CCCCCC)OC(=O)CCCCCCC/C=C/CCCCCCC. The number of carbonyl (C=O) groups excluding carboxylic acids is 3. The summed E-state index contributed by atoms with van der Waals surface area (Å²) in [5.74, 6) is -0.924. The second kappa shape index (κ2) is 50.8. The minimum absolute atomic E-state index is 0.0889. The first-order valence-electron chi connectivity index (χ1n) is 26.3. The molecule has 0 radical (unpaired) electrons. The maximum absolute atomic E-state index is 12.8. The van der Waals surface area contributed by atoms with Gasteiger partial charge in [-0.15, -0.1) is 0 Å². The molecular formula is C56H98O6. The number of allylic oxidation sites excluding steroid dienone is 10. The fourth-order valence-electron chi connectivity index (χ4n) is 7.20. The number of rotatable bonds is 47. The van der Waals surface area contributed by atoms with E-state index in [1.165, 1.54) is 116 Å². The molecule has 0 aliphatic rings. The van der Waals surface area contributed by atoms with Crippen LogP contribution in [0.5, 0.6) is 0 Å². The molecule has 0 saturated carbocycles. The van der Waals surface area contributed by atoms with Crippen LogP contribution >= 0.6 is 0 Å². The number of ether oxygens (including phenoxy) is 3. The van der Waals surface area contributed by atoms with Gasteiger partial charge in [0, 0.05) is 19.3 Å². The molecule has 0 heterocycles. The van der Waals surface area contributed by atoms with E-state index < -0.39 is 6.10 Å². The first kappa shape index (κ1) is 59.1. The Bertz CT molecular complexity index is 1130. The summed E-state index contributed by atoms with van der Waals surface area (Å²) in [4.78, 5) is 38.0. The van der Waals surface area contributed by atoms with Crippen LogP contribution in [0.2, 0.25) is 0 Å². The van der Waals surface area contributed by atoms with Gasteiger partial charge in [-0.05, 0) is 109 Å². The van der Waals surface area contributed by atoms with Crippen LogP contribution in [-0.2, 0) is 28.6 Å². The van der Waals surface area contributed by atoms with Gasteiger partial charge in [-0.1, -0.05) is 191 Å². The van der Waals surface area contributed by atoms with Crippen molar-refractivity contribution in [2.75, 3.05) is 13.2 Å². The van der Waals surface area contributed by atoms with Crippen LogP contribution in [0, 0.1) is 0 Å². The summed E-state index contributed by atoms with van der Waals surface area (Å²) in [5.41, 5.74) is 0. The Morgan fingerprint density at radius 2 is 0.581 bits per heavy atom. The predicted molar refractivity (Wildman–Crippen MR) is 265 cm³/mol. The highest BCUT2D eigenvalue weighted by Crippen LogP contribution is 2.14. The van der Waals surface area contributed by atoms with Gasteiger partial charge in [-0.2, -0.15) is 0 Å². The van der Waals surface area contributed by atoms with E-state index in [0.29, 0.717) is 19.3 Å². The monoisotopic (exact) mass is 867 g/mol. The molecule has 0 aromatic heterocycles. The zero-order chi connectivity index (χ0) is 45.1. The predicted octanol–water partition coefficient (Wildman–Crippen LogP) is 17.3. The van der Waals surface area contributed by atoms with E-state index in [0.717, 1.165) is 103 Å². The van der Waals surface area contributed by atoms with Crippen molar-refractivity contribution in [3.8, 4) is 0 Å². The van der Waals surface area contributed by atoms with Gasteiger partial charge in [0.05, 0.1) is 0 Å². The lowest BCUT2D eigenvalue weighted by atomic mass is 10.1. The summed E-state index contributed by atoms with van der Waals surface area (Å²) in [7, 11) is 0. The molecule has 62 heavy (non-hydrogen) atoms. The molecule has 0 unspecified atom stereocenters. The second-order valence-corrected chi connectivity index (χ2v) is 17.4. The van der Waals surface area contributed by atoms with Crippen molar-refractivity contribution in [3.05, 3.63) is 60.8 Å². The lowest BCUT2D eigenvalue weighted by molar-refractivity contribution is -0.167. The van der Waals surface area contributed by atoms with E-state index in [-0.39, 0.29) is 31.1 Å². The van der Waals surface area contributed by atoms with Crippen LogP contribution in [-0.4, -0.2) is 37.2 Å². The number of hydrogen-bond acceptors (Lipinski definition) is 6. The summed E-state index contributed by atoms with van der Waals surface area (Å²) in [6, 6.07) is 0. The third kappa shape index (κ3) is 48.1. The number of esters is 3. The fourth-order valence-corrected chi connectivity index (χ4v) is 7.20. The Labute approximate surface area is 383 Å². The van der Waals surface area contributed by atoms with Crippen molar-refractivity contribution in [1.29, 1.82) is 0 Å². The van der Waals surface area contributed by atoms with E-state index in [1.54, 1.807) is 0 Å². The number of hydrogen-bond donors (Lipinski definition) is 0. The number of carbonyl (C=O) groups is 3. The molecule has 0 N–H and O–H groups in total. The molecule has 0 aromatic rings. The Morgan fingerprint density at radius 1 is 0.323 bits per heavy atom. The molecule has 0 rings (SSSR count). The van der Waals surface area contributed by atoms with E-state index in [4.69, 9.17) is 14.2 Å². The highest BCUT2D eigenvalue weighted by Gasteiger charge is 2.19. The Morgan fingerprint density at radius 3 is 0.968 bits per heavy atom. The van der Waals surface area contributed by atoms with Gasteiger partial charge in [0.15, 0.2) is 6.10 Å². The molecule has 0 aromatic carbocycles. The minimum Gasteiger partial charge on any atom is -0.462 e. The Hall–Kier alpha value is -2.89. The van der Waals surface area contributed by atoms with Gasteiger partial charge in [0.2, 0.25) is 0 Å². The second-order valence-electron chi connectivity index (χ2n) is 17.4. The minimum atomic E-state index is -0.790. The van der Waals surface area contributed by atoms with E-state index in [9.17, 15) is 14.4 Å². The first-order chi connectivity index (χ1) is 30.5. The molecule has 6 nitrogen and oxygen atoms in total. The van der Waals surface area contributed by atoms with E-state index in [1.807, 2.05) is 0 Å². The highest BCUT2D eigenvalue weighted by atomic mass is 16.6. The summed E-state index contributed by atoms with van der Waals surface area (Å²) < 4.78 is 16.8. The van der Waals surface area contributed by atoms with Crippen LogP contribution in [0.15, 0.2) is 60.8 Å². The molecule has 0 aliphatic carbocycles. The van der Waals surface area contributed by atoms with Crippen molar-refractivity contribution in [2.24, 2.45) is 0 Å². The van der Waals surface area contributed by atoms with Gasteiger partial charge in [0.25, 0.3) is 0 Å². The summed E-state index contributed by atoms with van der Waals surface area (Å²) >= 11 is 0. The molecular weight excluding hydrogens is 769 g/mol. The third-order valence-electron chi connectivity index (χ3n) is 11.2. The van der Waals surface area contributed by atoms with Crippen LogP contribution in [0.1, 0.15) is 258 Å². The largest absolute Gasteiger partial charge is 0.462 e. The smallest absolute Gasteiger partial charge is 0.306 e. The lowest BCUT2D eigenvalue weighted by Gasteiger charge is -2.18. The van der Waals surface area contributed by atoms with Crippen LogP contribution in [0.3, 0.4) is 0 Å². The van der Waals surface area contributed by atoms with Crippen LogP contribution < -0.4 is 0 Å². The maximum Gasteiger partial charge on any atom is 0.306 e. The van der Waals surface area contributed by atoms with Crippen molar-refractivity contribution in [1.82, 2.24) is 0 Å². The topological polar surface area (TPSA) is 78.9 Å². The molecule has 6 heteroatoms. The van der Waals surface area contributed by atoms with Gasteiger partial charge >= 0.3 is 17.9 Å². The number of unbranched alkanes of at least 4 members (excludes halogenated alkanes) is 26. The van der Waals surface area contributed by atoms with Gasteiger partial charge in [-0.3, -0.25) is 14.4 Å². The average molecular weight is 867 g/mol. The highest BCUT2D eigenvalue weighted by molar-refractivity contribution is 5.71. The molecule has 0 spiro atoms. The van der Waals surface area contributed by atoms with Crippen molar-refractivity contribution in [3.63, 3.8) is 0 Å². The molecule has 0 saturated heterocycles. The zero-order valence-corrected chi connectivity index (χ0v) is 40.9. The molecule has 1 atom stereocenters. The zero-order valence-electron chi connectivity index (χ0n) is 40.9. The molecule has 358 valence electrons. The standard InChI is InChI=1S/C56H98O6/c1-4-7-10-13-16-19-22-25-27-28-29-32-34-37-40-43-46-49-55(58)61-52-53(51-60-54(57)48-45-42-39-36-33-30-24-21-18-15-12-9-6-3)62-56(59)50-47-44-41-38-35-31-26-23-20-17-14-11-8-5-2/h16,19,21,23-27,29,32,53H,4-15,17-18,20,22,28,30-31,33-52H2,1-3H3/b19-16+,24-21+,26-23+,27-25+,32-29+/t53-/m1/s1. The van der Waals surface area contributed by atoms with E-state index >= 15 is 0 Å². The third-order valence-corrected chi connectivity index (χ3v) is 11.2.